The molecule has 2 fully saturated rings. The summed E-state index contributed by atoms with van der Waals surface area (Å²) in [4.78, 5) is 31.6. The van der Waals surface area contributed by atoms with E-state index < -0.39 is 0 Å². The van der Waals surface area contributed by atoms with Crippen molar-refractivity contribution in [3.05, 3.63) is 35.4 Å². The van der Waals surface area contributed by atoms with Gasteiger partial charge in [-0.05, 0) is 17.5 Å². The van der Waals surface area contributed by atoms with Gasteiger partial charge in [-0.3, -0.25) is 9.59 Å². The highest BCUT2D eigenvalue weighted by atomic mass is 16.2. The number of carbonyl (C=O) groups is 2. The summed E-state index contributed by atoms with van der Waals surface area (Å²) < 4.78 is 0. The van der Waals surface area contributed by atoms with E-state index in [-0.39, 0.29) is 56.4 Å². The Morgan fingerprint density at radius 1 is 0.848 bits per heavy atom. The van der Waals surface area contributed by atoms with Gasteiger partial charge in [-0.25, -0.2) is 0 Å². The molecule has 1 saturated carbocycles. The Hall–Kier alpha value is -1.19. The van der Waals surface area contributed by atoms with Gasteiger partial charge in [0, 0.05) is 19.0 Å². The number of carbonyl (C=O) groups excluding carboxylic acids is 2. The van der Waals surface area contributed by atoms with Crippen molar-refractivity contribution in [3.8, 4) is 0 Å². The second-order valence-electron chi connectivity index (χ2n) is 13.5. The predicted molar refractivity (Wildman–Crippen MR) is 164 cm³/mol. The summed E-state index contributed by atoms with van der Waals surface area (Å²) in [6, 6.07) is 8.39. The molecule has 1 aliphatic carbocycles. The monoisotopic (exact) mass is 432 g/mol. The molecule has 162 valence electrons. The zero-order valence-corrected chi connectivity index (χ0v) is 22.5. The van der Waals surface area contributed by atoms with Crippen LogP contribution in [0.2, 0.25) is 26.1 Å². The number of benzene rings is 1. The Morgan fingerprint density at radius 3 is 1.97 bits per heavy atom. The van der Waals surface area contributed by atoms with Crippen LogP contribution in [-0.4, -0.2) is 120 Å². The molecule has 0 N–H and O–H groups in total. The van der Waals surface area contributed by atoms with E-state index in [1.807, 2.05) is 15.9 Å². The molecular weight excluding hydrogens is 396 g/mol. The van der Waals surface area contributed by atoms with Crippen molar-refractivity contribution in [1.29, 1.82) is 0 Å². The number of piperazine rings is 1. The standard InChI is InChI=1S/C19H34B10N2O2/c20-15(21)13(16(22,23)18(26,27)19(28,29)17(15,24)25)14(33)30-7-11-10-4-2-1-3-9(10)5-6-31(11)12(32)8-30/h1-4,11,13H,5-8,20-29H2/t11-/m0/s1. The van der Waals surface area contributed by atoms with Gasteiger partial charge in [-0.2, -0.15) is 0 Å². The molecule has 1 atom stereocenters. The van der Waals surface area contributed by atoms with E-state index in [0.29, 0.717) is 6.54 Å². The molecule has 0 bridgehead atoms. The van der Waals surface area contributed by atoms with Gasteiger partial charge in [0.1, 0.15) is 0 Å². The summed E-state index contributed by atoms with van der Waals surface area (Å²) in [5.74, 6) is 0.0540. The SMILES string of the molecule is BC1(B)C(C(=O)N2CC(=O)N3CCc4ccccc4[C@@H]3C2)C(B)(B)C(B)(B)C(B)(B)C1(B)B. The van der Waals surface area contributed by atoms with Crippen LogP contribution in [0.1, 0.15) is 17.2 Å². The first-order valence-electron chi connectivity index (χ1n) is 12.7. The minimum atomic E-state index is -0.239. The maximum atomic E-state index is 14.5. The van der Waals surface area contributed by atoms with E-state index in [9.17, 15) is 9.59 Å². The van der Waals surface area contributed by atoms with Gasteiger partial charge in [0.15, 0.2) is 0 Å². The summed E-state index contributed by atoms with van der Waals surface area (Å²) in [6.45, 7) is 1.54. The summed E-state index contributed by atoms with van der Waals surface area (Å²) >= 11 is 0. The van der Waals surface area contributed by atoms with Crippen LogP contribution >= 0.6 is 0 Å². The molecule has 0 radical (unpaired) electrons. The first-order chi connectivity index (χ1) is 15.0. The maximum Gasteiger partial charge on any atom is 0.242 e. The zero-order valence-electron chi connectivity index (χ0n) is 22.5. The molecule has 2 aliphatic heterocycles. The van der Waals surface area contributed by atoms with Crippen LogP contribution in [0.4, 0.5) is 0 Å². The highest BCUT2D eigenvalue weighted by molar-refractivity contribution is 6.70. The van der Waals surface area contributed by atoms with Crippen LogP contribution in [0, 0.1) is 5.92 Å². The number of rotatable bonds is 1. The molecule has 4 rings (SSSR count). The van der Waals surface area contributed by atoms with E-state index in [1.54, 1.807) is 0 Å². The van der Waals surface area contributed by atoms with Crippen LogP contribution in [0.25, 0.3) is 0 Å². The number of nitrogens with zero attached hydrogens (tertiary/aromatic N) is 2. The van der Waals surface area contributed by atoms with E-state index in [1.165, 1.54) is 11.1 Å². The molecule has 1 aromatic carbocycles. The number of hydrogen-bond donors (Lipinski definition) is 0. The van der Waals surface area contributed by atoms with E-state index in [0.717, 1.165) is 13.0 Å². The van der Waals surface area contributed by atoms with Crippen LogP contribution in [0.3, 0.4) is 0 Å². The van der Waals surface area contributed by atoms with Gasteiger partial charge in [0.05, 0.1) is 91.0 Å². The third-order valence-corrected chi connectivity index (χ3v) is 11.8. The molecule has 0 unspecified atom stereocenters. The fourth-order valence-corrected chi connectivity index (χ4v) is 7.66. The smallest absolute Gasteiger partial charge is 0.242 e. The molecule has 14 heteroatoms. The Morgan fingerprint density at radius 2 is 1.39 bits per heavy atom. The summed E-state index contributed by atoms with van der Waals surface area (Å²) in [5, 5.41) is -0.625. The highest BCUT2D eigenvalue weighted by Crippen LogP contribution is 2.80. The maximum absolute atomic E-state index is 14.5. The van der Waals surface area contributed by atoms with Crippen LogP contribution in [-0.2, 0) is 16.0 Å². The van der Waals surface area contributed by atoms with Crippen molar-refractivity contribution in [2.75, 3.05) is 19.6 Å². The normalized spacial score (nSPS) is 29.0. The Labute approximate surface area is 209 Å². The largest absolute Gasteiger partial charge is 0.332 e. The molecule has 33 heavy (non-hydrogen) atoms. The van der Waals surface area contributed by atoms with Gasteiger partial charge >= 0.3 is 0 Å². The molecule has 4 nitrogen and oxygen atoms in total. The quantitative estimate of drug-likeness (QED) is 0.416. The fraction of sp³-hybridized carbons (Fsp3) is 0.579. The lowest BCUT2D eigenvalue weighted by Crippen LogP contribution is -2.67. The second-order valence-corrected chi connectivity index (χ2v) is 13.5. The van der Waals surface area contributed by atoms with Crippen LogP contribution < -0.4 is 0 Å². The summed E-state index contributed by atoms with van der Waals surface area (Å²) in [6.07, 6.45) is 0.895. The lowest BCUT2D eigenvalue weighted by atomic mass is 9.00. The van der Waals surface area contributed by atoms with E-state index >= 15 is 0 Å². The van der Waals surface area contributed by atoms with Gasteiger partial charge in [0.25, 0.3) is 0 Å². The van der Waals surface area contributed by atoms with Crippen LogP contribution in [0.15, 0.2) is 24.3 Å². The predicted octanol–water partition coefficient (Wildman–Crippen LogP) is -7.50. The van der Waals surface area contributed by atoms with Crippen molar-refractivity contribution in [3.63, 3.8) is 0 Å². The van der Waals surface area contributed by atoms with Crippen molar-refractivity contribution < 1.29 is 9.59 Å². The minimum Gasteiger partial charge on any atom is -0.332 e. The second kappa shape index (κ2) is 7.40. The molecule has 1 saturated heterocycles. The van der Waals surface area contributed by atoms with Crippen molar-refractivity contribution in [2.45, 2.75) is 38.5 Å². The van der Waals surface area contributed by atoms with Gasteiger partial charge < -0.3 is 9.80 Å². The third kappa shape index (κ3) is 3.10. The van der Waals surface area contributed by atoms with Gasteiger partial charge in [-0.15, -0.1) is 15.6 Å². The first-order valence-corrected chi connectivity index (χ1v) is 12.7. The van der Waals surface area contributed by atoms with Gasteiger partial charge in [0.2, 0.25) is 11.8 Å². The molecule has 2 heterocycles. The van der Waals surface area contributed by atoms with Crippen LogP contribution in [0.5, 0.6) is 0 Å². The van der Waals surface area contributed by atoms with Crippen molar-refractivity contribution >= 4 is 90.3 Å². The van der Waals surface area contributed by atoms with E-state index in [4.69, 9.17) is 0 Å². The third-order valence-electron chi connectivity index (χ3n) is 11.8. The highest BCUT2D eigenvalue weighted by Gasteiger charge is 2.68. The number of hydrogen-bond acceptors (Lipinski definition) is 2. The Balaban J connectivity index is 1.75. The summed E-state index contributed by atoms with van der Waals surface area (Å²) in [5.41, 5.74) is 2.52. The molecular formula is C19H34B10N2O2. The molecule has 3 aliphatic rings. The number of amides is 2. The van der Waals surface area contributed by atoms with E-state index in [2.05, 4.69) is 96.7 Å². The lowest BCUT2D eigenvalue weighted by Gasteiger charge is -2.75. The average Bonchev–Trinajstić information content (AvgIpc) is 2.71. The molecule has 1 aromatic rings. The number of fused-ring (bicyclic) bond motifs is 3. The lowest BCUT2D eigenvalue weighted by molar-refractivity contribution is -0.152. The summed E-state index contributed by atoms with van der Waals surface area (Å²) in [7, 11) is 23.2. The topological polar surface area (TPSA) is 40.6 Å². The zero-order chi connectivity index (χ0) is 24.8. The van der Waals surface area contributed by atoms with Crippen molar-refractivity contribution in [1.82, 2.24) is 9.80 Å². The Bertz CT molecular complexity index is 982. The first kappa shape index (κ1) is 24.9. The van der Waals surface area contributed by atoms with Crippen molar-refractivity contribution in [2.24, 2.45) is 5.92 Å². The molecule has 0 spiro atoms. The average molecular weight is 431 g/mol. The van der Waals surface area contributed by atoms with Gasteiger partial charge in [-0.1, -0.05) is 34.7 Å². The Kier molecular flexibility index (Phi) is 5.59. The minimum absolute atomic E-state index is 0.0145. The molecule has 2 amide bonds. The molecule has 0 aromatic heterocycles. The fourth-order valence-electron chi connectivity index (χ4n) is 7.66.